The van der Waals surface area contributed by atoms with Crippen LogP contribution in [0.15, 0.2) is 24.3 Å². The number of aliphatic carboxylic acids is 2. The number of hydrogen-bond acceptors (Lipinski definition) is 3. The fourth-order valence-corrected chi connectivity index (χ4v) is 4.53. The second kappa shape index (κ2) is 20.3. The Morgan fingerprint density at radius 3 is 1.47 bits per heavy atom. The molecular weight excluding hydrogens is 426 g/mol. The van der Waals surface area contributed by atoms with Gasteiger partial charge in [-0.25, -0.2) is 0 Å². The number of nitrogens with zero attached hydrogens (tertiary/aromatic N) is 1. The lowest BCUT2D eigenvalue weighted by atomic mass is 10.0. The summed E-state index contributed by atoms with van der Waals surface area (Å²) < 4.78 is 0. The second-order valence-corrected chi connectivity index (χ2v) is 9.72. The molecule has 0 saturated carbocycles. The Balaban J connectivity index is 2.04. The van der Waals surface area contributed by atoms with Gasteiger partial charge in [-0.3, -0.25) is 9.59 Å². The SMILES string of the molecule is CCCCCCCCCCCCCCCCCCCc1cccc(N(CC(=O)O)CC(=O)O)c1. The number of anilines is 1. The van der Waals surface area contributed by atoms with Gasteiger partial charge in [0.05, 0.1) is 0 Å². The minimum Gasteiger partial charge on any atom is -0.480 e. The van der Waals surface area contributed by atoms with E-state index in [1.54, 1.807) is 6.07 Å². The van der Waals surface area contributed by atoms with E-state index >= 15 is 0 Å². The molecule has 0 fully saturated rings. The standard InChI is InChI=1S/C29H49NO4/c1-2-3-4-5-6-7-8-9-10-11-12-13-14-15-16-17-18-20-26-21-19-22-27(23-26)30(24-28(31)32)25-29(33)34/h19,21-23H,2-18,20,24-25H2,1H3,(H,31,32)(H,33,34). The topological polar surface area (TPSA) is 77.8 Å². The van der Waals surface area contributed by atoms with E-state index in [0.717, 1.165) is 18.4 Å². The maximum Gasteiger partial charge on any atom is 0.323 e. The molecule has 0 amide bonds. The summed E-state index contributed by atoms with van der Waals surface area (Å²) in [7, 11) is 0. The van der Waals surface area contributed by atoms with Crippen LogP contribution in [0, 0.1) is 0 Å². The molecule has 0 aliphatic carbocycles. The van der Waals surface area contributed by atoms with E-state index in [1.807, 2.05) is 18.2 Å². The molecule has 2 N–H and O–H groups in total. The molecule has 0 heterocycles. The van der Waals surface area contributed by atoms with E-state index in [1.165, 1.54) is 108 Å². The van der Waals surface area contributed by atoms with Gasteiger partial charge in [0, 0.05) is 5.69 Å². The van der Waals surface area contributed by atoms with E-state index in [0.29, 0.717) is 5.69 Å². The lowest BCUT2D eigenvalue weighted by molar-refractivity contribution is -0.136. The number of rotatable bonds is 23. The lowest BCUT2D eigenvalue weighted by Crippen LogP contribution is -2.34. The van der Waals surface area contributed by atoms with Crippen LogP contribution in [0.3, 0.4) is 0 Å². The minimum absolute atomic E-state index is 0.311. The zero-order chi connectivity index (χ0) is 24.9. The van der Waals surface area contributed by atoms with Crippen LogP contribution in [0.1, 0.15) is 122 Å². The first kappa shape index (κ1) is 30.0. The first-order valence-corrected chi connectivity index (χ1v) is 13.8. The van der Waals surface area contributed by atoms with Crippen LogP contribution in [0.25, 0.3) is 0 Å². The van der Waals surface area contributed by atoms with Gasteiger partial charge in [0.25, 0.3) is 0 Å². The molecule has 0 unspecified atom stereocenters. The molecule has 0 atom stereocenters. The van der Waals surface area contributed by atoms with E-state index < -0.39 is 11.9 Å². The van der Waals surface area contributed by atoms with Crippen LogP contribution in [-0.2, 0) is 16.0 Å². The average Bonchev–Trinajstić information content (AvgIpc) is 2.80. The summed E-state index contributed by atoms with van der Waals surface area (Å²) in [5.41, 5.74) is 1.80. The van der Waals surface area contributed by atoms with E-state index in [2.05, 4.69) is 6.92 Å². The van der Waals surface area contributed by atoms with Crippen molar-refractivity contribution in [3.8, 4) is 0 Å². The van der Waals surface area contributed by atoms with Crippen molar-refractivity contribution in [1.82, 2.24) is 0 Å². The van der Waals surface area contributed by atoms with Gasteiger partial charge in [0.15, 0.2) is 0 Å². The Hall–Kier alpha value is -2.04. The molecule has 0 radical (unpaired) electrons. The van der Waals surface area contributed by atoms with E-state index in [-0.39, 0.29) is 13.1 Å². The highest BCUT2D eigenvalue weighted by Crippen LogP contribution is 2.19. The molecule has 0 saturated heterocycles. The lowest BCUT2D eigenvalue weighted by Gasteiger charge is -2.21. The summed E-state index contributed by atoms with van der Waals surface area (Å²) in [5.74, 6) is -2.06. The highest BCUT2D eigenvalue weighted by molar-refractivity contribution is 5.79. The van der Waals surface area contributed by atoms with Crippen LogP contribution >= 0.6 is 0 Å². The smallest absolute Gasteiger partial charge is 0.323 e. The van der Waals surface area contributed by atoms with Crippen molar-refractivity contribution >= 4 is 17.6 Å². The summed E-state index contributed by atoms with van der Waals surface area (Å²) in [4.78, 5) is 23.5. The van der Waals surface area contributed by atoms with Gasteiger partial charge in [0.1, 0.15) is 13.1 Å². The van der Waals surface area contributed by atoms with Crippen molar-refractivity contribution in [1.29, 1.82) is 0 Å². The molecule has 5 nitrogen and oxygen atoms in total. The van der Waals surface area contributed by atoms with Gasteiger partial charge >= 0.3 is 11.9 Å². The molecule has 1 aromatic rings. The van der Waals surface area contributed by atoms with Crippen LogP contribution in [-0.4, -0.2) is 35.2 Å². The Morgan fingerprint density at radius 1 is 0.647 bits per heavy atom. The van der Waals surface area contributed by atoms with Crippen molar-refractivity contribution in [3.05, 3.63) is 29.8 Å². The second-order valence-electron chi connectivity index (χ2n) is 9.72. The molecular formula is C29H49NO4. The molecule has 0 spiro atoms. The Kier molecular flexibility index (Phi) is 17.9. The molecule has 1 aromatic carbocycles. The summed E-state index contributed by atoms with van der Waals surface area (Å²) in [6.45, 7) is 1.65. The van der Waals surface area contributed by atoms with Gasteiger partial charge < -0.3 is 15.1 Å². The quantitative estimate of drug-likeness (QED) is 0.158. The molecule has 34 heavy (non-hydrogen) atoms. The van der Waals surface area contributed by atoms with Crippen molar-refractivity contribution in [2.75, 3.05) is 18.0 Å². The average molecular weight is 476 g/mol. The molecule has 0 bridgehead atoms. The fourth-order valence-electron chi connectivity index (χ4n) is 4.53. The highest BCUT2D eigenvalue weighted by Gasteiger charge is 2.14. The first-order chi connectivity index (χ1) is 16.5. The summed E-state index contributed by atoms with van der Waals surface area (Å²) in [5, 5.41) is 18.1. The molecule has 5 heteroatoms. The number of hydrogen-bond donors (Lipinski definition) is 2. The number of carboxylic acid groups (broad SMARTS) is 2. The van der Waals surface area contributed by atoms with Crippen LogP contribution < -0.4 is 4.90 Å². The maximum absolute atomic E-state index is 11.1. The number of unbranched alkanes of at least 4 members (excludes halogenated alkanes) is 16. The maximum atomic E-state index is 11.1. The monoisotopic (exact) mass is 475 g/mol. The van der Waals surface area contributed by atoms with Crippen LogP contribution in [0.5, 0.6) is 0 Å². The van der Waals surface area contributed by atoms with Gasteiger partial charge in [-0.15, -0.1) is 0 Å². The van der Waals surface area contributed by atoms with Crippen molar-refractivity contribution in [3.63, 3.8) is 0 Å². The largest absolute Gasteiger partial charge is 0.480 e. The normalized spacial score (nSPS) is 11.0. The number of benzene rings is 1. The van der Waals surface area contributed by atoms with Gasteiger partial charge in [-0.05, 0) is 30.5 Å². The van der Waals surface area contributed by atoms with Crippen LogP contribution in [0.4, 0.5) is 5.69 Å². The Bertz CT molecular complexity index is 645. The zero-order valence-electron chi connectivity index (χ0n) is 21.6. The number of aryl methyl sites for hydroxylation is 1. The molecule has 194 valence electrons. The third kappa shape index (κ3) is 16.6. The van der Waals surface area contributed by atoms with Crippen molar-refractivity contribution < 1.29 is 19.8 Å². The van der Waals surface area contributed by atoms with Gasteiger partial charge in [-0.1, -0.05) is 122 Å². The molecule has 0 aromatic heterocycles. The van der Waals surface area contributed by atoms with Crippen molar-refractivity contribution in [2.24, 2.45) is 0 Å². The number of carboxylic acids is 2. The third-order valence-electron chi connectivity index (χ3n) is 6.50. The molecule has 1 rings (SSSR count). The van der Waals surface area contributed by atoms with Crippen molar-refractivity contribution in [2.45, 2.75) is 122 Å². The minimum atomic E-state index is -1.03. The van der Waals surface area contributed by atoms with Crippen LogP contribution in [0.2, 0.25) is 0 Å². The van der Waals surface area contributed by atoms with Gasteiger partial charge in [-0.2, -0.15) is 0 Å². The van der Waals surface area contributed by atoms with E-state index in [4.69, 9.17) is 10.2 Å². The predicted octanol–water partition coefficient (Wildman–Crippen LogP) is 7.86. The predicted molar refractivity (Wildman–Crippen MR) is 142 cm³/mol. The Labute approximate surface area is 207 Å². The number of carbonyl (C=O) groups is 2. The summed E-state index contributed by atoms with van der Waals surface area (Å²) in [6, 6.07) is 7.63. The fraction of sp³-hybridized carbons (Fsp3) is 0.724. The zero-order valence-corrected chi connectivity index (χ0v) is 21.6. The first-order valence-electron chi connectivity index (χ1n) is 13.8. The summed E-state index contributed by atoms with van der Waals surface area (Å²) >= 11 is 0. The Morgan fingerprint density at radius 2 is 1.06 bits per heavy atom. The molecule has 0 aliphatic rings. The highest BCUT2D eigenvalue weighted by atomic mass is 16.4. The van der Waals surface area contributed by atoms with Gasteiger partial charge in [0.2, 0.25) is 0 Å². The molecule has 0 aliphatic heterocycles. The van der Waals surface area contributed by atoms with E-state index in [9.17, 15) is 9.59 Å². The third-order valence-corrected chi connectivity index (χ3v) is 6.50. The summed E-state index contributed by atoms with van der Waals surface area (Å²) in [6.07, 6.45) is 24.0.